The van der Waals surface area contributed by atoms with E-state index < -0.39 is 0 Å². The number of carbonyl (C=O) groups excluding carboxylic acids is 1. The van der Waals surface area contributed by atoms with Crippen LogP contribution in [0.25, 0.3) is 11.0 Å². The maximum absolute atomic E-state index is 12.7. The summed E-state index contributed by atoms with van der Waals surface area (Å²) in [6.07, 6.45) is 1.39. The van der Waals surface area contributed by atoms with Gasteiger partial charge in [-0.05, 0) is 24.1 Å². The quantitative estimate of drug-likeness (QED) is 0.728. The lowest BCUT2D eigenvalue weighted by Gasteiger charge is -2.27. The number of imidazole rings is 1. The van der Waals surface area contributed by atoms with Crippen LogP contribution < -0.4 is 4.90 Å². The Balaban J connectivity index is 1.68. The zero-order valence-electron chi connectivity index (χ0n) is 12.3. The van der Waals surface area contributed by atoms with Crippen LogP contribution in [0.1, 0.15) is 12.0 Å². The fourth-order valence-electron chi connectivity index (χ4n) is 3.08. The van der Waals surface area contributed by atoms with Gasteiger partial charge in [-0.1, -0.05) is 42.5 Å². The van der Waals surface area contributed by atoms with Crippen LogP contribution >= 0.6 is 0 Å². The maximum atomic E-state index is 12.7. The van der Waals surface area contributed by atoms with Crippen molar-refractivity contribution in [2.75, 3.05) is 11.4 Å². The molecule has 22 heavy (non-hydrogen) atoms. The van der Waals surface area contributed by atoms with Crippen LogP contribution in [-0.4, -0.2) is 22.0 Å². The highest BCUT2D eigenvalue weighted by molar-refractivity contribution is 5.95. The Morgan fingerprint density at radius 1 is 1.00 bits per heavy atom. The Kier molecular flexibility index (Phi) is 3.15. The maximum Gasteiger partial charge on any atom is 0.233 e. The Hall–Kier alpha value is -2.62. The molecule has 0 saturated carbocycles. The predicted molar refractivity (Wildman–Crippen MR) is 86.8 cm³/mol. The Bertz CT molecular complexity index is 823. The fourth-order valence-corrected chi connectivity index (χ4v) is 3.08. The third-order valence-corrected chi connectivity index (χ3v) is 4.14. The summed E-state index contributed by atoms with van der Waals surface area (Å²) in [5.74, 6) is 0.899. The highest BCUT2D eigenvalue weighted by Gasteiger charge is 2.25. The van der Waals surface area contributed by atoms with E-state index in [4.69, 9.17) is 0 Å². The molecule has 110 valence electrons. The largest absolute Gasteiger partial charge is 0.310 e. The lowest BCUT2D eigenvalue weighted by molar-refractivity contribution is -0.118. The molecule has 1 amide bonds. The molecular formula is C18H17N3O. The molecule has 0 aliphatic carbocycles. The lowest BCUT2D eigenvalue weighted by Crippen LogP contribution is -2.38. The lowest BCUT2D eigenvalue weighted by atomic mass is 10.1. The minimum Gasteiger partial charge on any atom is -0.310 e. The zero-order valence-corrected chi connectivity index (χ0v) is 12.3. The molecule has 0 bridgehead atoms. The number of nitrogens with zero attached hydrogens (tertiary/aromatic N) is 3. The van der Waals surface area contributed by atoms with Gasteiger partial charge in [-0.3, -0.25) is 9.69 Å². The molecule has 4 nitrogen and oxygen atoms in total. The molecule has 0 saturated heterocycles. The van der Waals surface area contributed by atoms with Crippen molar-refractivity contribution in [3.63, 3.8) is 0 Å². The molecule has 0 unspecified atom stereocenters. The number of carbonyl (C=O) groups is 1. The standard InChI is InChI=1S/C18H17N3O/c22-17(13-14-7-2-1-3-8-14)21-12-6-11-20-16-10-5-4-9-15(16)19-18(20)21/h1-5,7-10H,6,11-13H2. The Morgan fingerprint density at radius 3 is 2.64 bits per heavy atom. The van der Waals surface area contributed by atoms with Crippen LogP contribution in [0.2, 0.25) is 0 Å². The van der Waals surface area contributed by atoms with E-state index in [1.807, 2.05) is 53.4 Å². The van der Waals surface area contributed by atoms with Gasteiger partial charge in [0.2, 0.25) is 11.9 Å². The second-order valence-electron chi connectivity index (χ2n) is 5.61. The van der Waals surface area contributed by atoms with Crippen LogP contribution in [0.4, 0.5) is 5.95 Å². The second-order valence-corrected chi connectivity index (χ2v) is 5.61. The number of rotatable bonds is 2. The average Bonchev–Trinajstić information content (AvgIpc) is 2.94. The fraction of sp³-hybridized carbons (Fsp3) is 0.222. The molecule has 4 rings (SSSR count). The minimum atomic E-state index is 0.113. The third kappa shape index (κ3) is 2.17. The topological polar surface area (TPSA) is 38.1 Å². The van der Waals surface area contributed by atoms with Crippen LogP contribution in [0.15, 0.2) is 54.6 Å². The van der Waals surface area contributed by atoms with E-state index in [-0.39, 0.29) is 5.91 Å². The van der Waals surface area contributed by atoms with Crippen molar-refractivity contribution in [1.29, 1.82) is 0 Å². The summed E-state index contributed by atoms with van der Waals surface area (Å²) >= 11 is 0. The molecule has 0 radical (unpaired) electrons. The molecule has 0 atom stereocenters. The van der Waals surface area contributed by atoms with E-state index in [1.165, 1.54) is 0 Å². The number of para-hydroxylation sites is 2. The number of aromatic nitrogens is 2. The SMILES string of the molecule is O=C(Cc1ccccc1)N1CCCn2c1nc1ccccc12. The summed E-state index contributed by atoms with van der Waals surface area (Å²) in [5, 5.41) is 0. The number of hydrogen-bond acceptors (Lipinski definition) is 2. The van der Waals surface area contributed by atoms with E-state index in [9.17, 15) is 4.79 Å². The molecular weight excluding hydrogens is 274 g/mol. The first kappa shape index (κ1) is 13.1. The molecule has 1 aliphatic rings. The first-order valence-electron chi connectivity index (χ1n) is 7.62. The van der Waals surface area contributed by atoms with Crippen LogP contribution in [0.5, 0.6) is 0 Å². The van der Waals surface area contributed by atoms with Gasteiger partial charge in [0.15, 0.2) is 0 Å². The minimum absolute atomic E-state index is 0.113. The van der Waals surface area contributed by atoms with Gasteiger partial charge >= 0.3 is 0 Å². The predicted octanol–water partition coefficient (Wildman–Crippen LogP) is 3.02. The average molecular weight is 291 g/mol. The number of fused-ring (bicyclic) bond motifs is 3. The highest BCUT2D eigenvalue weighted by atomic mass is 16.2. The van der Waals surface area contributed by atoms with Gasteiger partial charge in [-0.25, -0.2) is 4.98 Å². The Labute approximate surface area is 129 Å². The van der Waals surface area contributed by atoms with Gasteiger partial charge in [-0.2, -0.15) is 0 Å². The monoisotopic (exact) mass is 291 g/mol. The molecule has 0 spiro atoms. The van der Waals surface area contributed by atoms with Crippen LogP contribution in [0, 0.1) is 0 Å². The molecule has 0 N–H and O–H groups in total. The van der Waals surface area contributed by atoms with Crippen molar-refractivity contribution in [3.05, 3.63) is 60.2 Å². The van der Waals surface area contributed by atoms with Crippen molar-refractivity contribution in [1.82, 2.24) is 9.55 Å². The third-order valence-electron chi connectivity index (χ3n) is 4.14. The van der Waals surface area contributed by atoms with Gasteiger partial charge in [0.25, 0.3) is 0 Å². The number of benzene rings is 2. The summed E-state index contributed by atoms with van der Waals surface area (Å²) < 4.78 is 2.15. The van der Waals surface area contributed by atoms with E-state index in [0.29, 0.717) is 6.42 Å². The molecule has 0 fully saturated rings. The zero-order chi connectivity index (χ0) is 14.9. The van der Waals surface area contributed by atoms with E-state index in [0.717, 1.165) is 42.1 Å². The normalized spacial score (nSPS) is 14.1. The Morgan fingerprint density at radius 2 is 1.77 bits per heavy atom. The van der Waals surface area contributed by atoms with Gasteiger partial charge < -0.3 is 4.57 Å². The van der Waals surface area contributed by atoms with Crippen molar-refractivity contribution < 1.29 is 4.79 Å². The van der Waals surface area contributed by atoms with Crippen LogP contribution in [-0.2, 0) is 17.8 Å². The van der Waals surface area contributed by atoms with Gasteiger partial charge in [0.1, 0.15) is 0 Å². The summed E-state index contributed by atoms with van der Waals surface area (Å²) in [4.78, 5) is 19.2. The molecule has 2 heterocycles. The van der Waals surface area contributed by atoms with Gasteiger partial charge in [-0.15, -0.1) is 0 Å². The van der Waals surface area contributed by atoms with Crippen molar-refractivity contribution in [2.24, 2.45) is 0 Å². The first-order chi connectivity index (χ1) is 10.8. The number of hydrogen-bond donors (Lipinski definition) is 0. The van der Waals surface area contributed by atoms with Gasteiger partial charge in [0.05, 0.1) is 17.5 Å². The summed E-state index contributed by atoms with van der Waals surface area (Å²) in [6, 6.07) is 17.9. The summed E-state index contributed by atoms with van der Waals surface area (Å²) in [5.41, 5.74) is 3.10. The van der Waals surface area contributed by atoms with E-state index >= 15 is 0 Å². The highest BCUT2D eigenvalue weighted by Crippen LogP contribution is 2.27. The molecule has 1 aliphatic heterocycles. The molecule has 4 heteroatoms. The number of amides is 1. The van der Waals surface area contributed by atoms with E-state index in [2.05, 4.69) is 15.6 Å². The second kappa shape index (κ2) is 5.30. The van der Waals surface area contributed by atoms with Crippen LogP contribution in [0.3, 0.4) is 0 Å². The number of anilines is 1. The first-order valence-corrected chi connectivity index (χ1v) is 7.62. The molecule has 1 aromatic heterocycles. The molecule has 3 aromatic rings. The number of aryl methyl sites for hydroxylation is 1. The van der Waals surface area contributed by atoms with Crippen molar-refractivity contribution in [2.45, 2.75) is 19.4 Å². The van der Waals surface area contributed by atoms with Crippen molar-refractivity contribution >= 4 is 22.9 Å². The summed E-state index contributed by atoms with van der Waals surface area (Å²) in [6.45, 7) is 1.67. The van der Waals surface area contributed by atoms with E-state index in [1.54, 1.807) is 0 Å². The smallest absolute Gasteiger partial charge is 0.233 e. The summed E-state index contributed by atoms with van der Waals surface area (Å²) in [7, 11) is 0. The molecule has 2 aromatic carbocycles. The van der Waals surface area contributed by atoms with Gasteiger partial charge in [0, 0.05) is 13.1 Å². The van der Waals surface area contributed by atoms with Crippen molar-refractivity contribution in [3.8, 4) is 0 Å².